The Labute approximate surface area is 82.5 Å². The Bertz CT molecular complexity index is 312. The summed E-state index contributed by atoms with van der Waals surface area (Å²) in [6.07, 6.45) is 3.53. The molecule has 1 heterocycles. The van der Waals surface area contributed by atoms with Crippen molar-refractivity contribution in [3.05, 3.63) is 24.5 Å². The molecule has 0 aliphatic rings. The summed E-state index contributed by atoms with van der Waals surface area (Å²) < 4.78 is 5.37. The minimum atomic E-state index is -1.17. The van der Waals surface area contributed by atoms with Crippen LogP contribution < -0.4 is 4.74 Å². The number of carboxylic acids is 1. The maximum absolute atomic E-state index is 10.9. The quantitative estimate of drug-likeness (QED) is 0.794. The molecule has 1 aromatic heterocycles. The zero-order valence-corrected chi connectivity index (χ0v) is 8.23. The Kier molecular flexibility index (Phi) is 3.06. The number of nitrogens with zero attached hydrogens (tertiary/aromatic N) is 1. The van der Waals surface area contributed by atoms with E-state index >= 15 is 0 Å². The third-order valence-electron chi connectivity index (χ3n) is 2.12. The number of hydrogen-bond donors (Lipinski definition) is 1. The number of hydrogen-bond acceptors (Lipinski definition) is 3. The standard InChI is InChI=1S/C10H13NO3/c1-3-10(2,9(12)13)14-8-4-6-11-7-5-8/h4-7H,3H2,1-2H3,(H,12,13). The molecule has 1 atom stereocenters. The minimum Gasteiger partial charge on any atom is -0.478 e. The first-order valence-corrected chi connectivity index (χ1v) is 4.41. The third-order valence-corrected chi connectivity index (χ3v) is 2.12. The van der Waals surface area contributed by atoms with Crippen molar-refractivity contribution in [2.24, 2.45) is 0 Å². The summed E-state index contributed by atoms with van der Waals surface area (Å²) in [5.41, 5.74) is -1.17. The first kappa shape index (κ1) is 10.5. The normalized spacial score (nSPS) is 14.4. The first-order chi connectivity index (χ1) is 6.58. The predicted molar refractivity (Wildman–Crippen MR) is 51.2 cm³/mol. The molecule has 0 amide bonds. The van der Waals surface area contributed by atoms with Crippen LogP contribution in [0, 0.1) is 0 Å². The second kappa shape index (κ2) is 4.09. The van der Waals surface area contributed by atoms with E-state index in [1.807, 2.05) is 0 Å². The van der Waals surface area contributed by atoms with E-state index in [0.29, 0.717) is 12.2 Å². The van der Waals surface area contributed by atoms with Crippen LogP contribution in [-0.4, -0.2) is 21.7 Å². The van der Waals surface area contributed by atoms with Crippen molar-refractivity contribution in [2.45, 2.75) is 25.9 Å². The number of carbonyl (C=O) groups is 1. The second-order valence-electron chi connectivity index (χ2n) is 3.17. The zero-order valence-electron chi connectivity index (χ0n) is 8.23. The number of aromatic nitrogens is 1. The molecule has 1 aromatic rings. The molecule has 0 saturated carbocycles. The first-order valence-electron chi connectivity index (χ1n) is 4.41. The van der Waals surface area contributed by atoms with Crippen molar-refractivity contribution >= 4 is 5.97 Å². The topological polar surface area (TPSA) is 59.4 Å². The molecule has 0 aromatic carbocycles. The summed E-state index contributed by atoms with van der Waals surface area (Å²) in [5, 5.41) is 8.95. The fourth-order valence-electron chi connectivity index (χ4n) is 0.933. The van der Waals surface area contributed by atoms with Crippen molar-refractivity contribution in [3.8, 4) is 5.75 Å². The maximum Gasteiger partial charge on any atom is 0.347 e. The molecule has 0 bridgehead atoms. The van der Waals surface area contributed by atoms with E-state index in [0.717, 1.165) is 0 Å². The van der Waals surface area contributed by atoms with Gasteiger partial charge in [-0.3, -0.25) is 4.98 Å². The summed E-state index contributed by atoms with van der Waals surface area (Å²) in [5.74, 6) is -0.441. The molecule has 76 valence electrons. The number of pyridine rings is 1. The van der Waals surface area contributed by atoms with Crippen LogP contribution in [0.2, 0.25) is 0 Å². The third kappa shape index (κ3) is 2.22. The summed E-state index contributed by atoms with van der Waals surface area (Å²) >= 11 is 0. The molecule has 1 unspecified atom stereocenters. The lowest BCUT2D eigenvalue weighted by Gasteiger charge is -2.24. The van der Waals surface area contributed by atoms with Crippen LogP contribution in [-0.2, 0) is 4.79 Å². The molecular formula is C10H13NO3. The SMILES string of the molecule is CCC(C)(Oc1ccncc1)C(=O)O. The van der Waals surface area contributed by atoms with Gasteiger partial charge in [-0.25, -0.2) is 4.79 Å². The molecule has 0 fully saturated rings. The highest BCUT2D eigenvalue weighted by atomic mass is 16.5. The predicted octanol–water partition coefficient (Wildman–Crippen LogP) is 1.71. The van der Waals surface area contributed by atoms with Crippen molar-refractivity contribution in [2.75, 3.05) is 0 Å². The van der Waals surface area contributed by atoms with Crippen LogP contribution in [0.15, 0.2) is 24.5 Å². The van der Waals surface area contributed by atoms with Gasteiger partial charge in [0.05, 0.1) is 0 Å². The van der Waals surface area contributed by atoms with Crippen LogP contribution in [0.25, 0.3) is 0 Å². The lowest BCUT2D eigenvalue weighted by molar-refractivity contribution is -0.154. The van der Waals surface area contributed by atoms with Gasteiger partial charge in [0.2, 0.25) is 5.60 Å². The molecule has 14 heavy (non-hydrogen) atoms. The van der Waals surface area contributed by atoms with E-state index < -0.39 is 11.6 Å². The van der Waals surface area contributed by atoms with Gasteiger partial charge in [-0.15, -0.1) is 0 Å². The summed E-state index contributed by atoms with van der Waals surface area (Å²) in [7, 11) is 0. The van der Waals surface area contributed by atoms with Gasteiger partial charge in [-0.05, 0) is 25.5 Å². The van der Waals surface area contributed by atoms with Crippen molar-refractivity contribution in [1.29, 1.82) is 0 Å². The highest BCUT2D eigenvalue weighted by Crippen LogP contribution is 2.20. The second-order valence-corrected chi connectivity index (χ2v) is 3.17. The van der Waals surface area contributed by atoms with E-state index in [1.54, 1.807) is 38.4 Å². The van der Waals surface area contributed by atoms with Gasteiger partial charge in [0, 0.05) is 12.4 Å². The Morgan fingerprint density at radius 2 is 2.14 bits per heavy atom. The number of carboxylic acid groups (broad SMARTS) is 1. The van der Waals surface area contributed by atoms with Gasteiger partial charge in [0.1, 0.15) is 5.75 Å². The Balaban J connectivity index is 2.81. The largest absolute Gasteiger partial charge is 0.478 e. The summed E-state index contributed by atoms with van der Waals surface area (Å²) in [6, 6.07) is 3.27. The van der Waals surface area contributed by atoms with E-state index in [1.165, 1.54) is 0 Å². The van der Waals surface area contributed by atoms with Crippen LogP contribution in [0.5, 0.6) is 5.75 Å². The Hall–Kier alpha value is -1.58. The number of rotatable bonds is 4. The van der Waals surface area contributed by atoms with Crippen LogP contribution >= 0.6 is 0 Å². The summed E-state index contributed by atoms with van der Waals surface area (Å²) in [4.78, 5) is 14.7. The highest BCUT2D eigenvalue weighted by molar-refractivity contribution is 5.77. The molecule has 1 rings (SSSR count). The molecule has 0 saturated heterocycles. The molecule has 4 nitrogen and oxygen atoms in total. The van der Waals surface area contributed by atoms with Crippen molar-refractivity contribution < 1.29 is 14.6 Å². The average molecular weight is 195 g/mol. The van der Waals surface area contributed by atoms with Gasteiger partial charge in [0.15, 0.2) is 0 Å². The number of ether oxygens (including phenoxy) is 1. The Morgan fingerprint density at radius 1 is 1.57 bits per heavy atom. The Morgan fingerprint density at radius 3 is 2.57 bits per heavy atom. The summed E-state index contributed by atoms with van der Waals surface area (Å²) in [6.45, 7) is 3.32. The van der Waals surface area contributed by atoms with Gasteiger partial charge in [0.25, 0.3) is 0 Å². The fraction of sp³-hybridized carbons (Fsp3) is 0.400. The lowest BCUT2D eigenvalue weighted by Crippen LogP contribution is -2.40. The zero-order chi connectivity index (χ0) is 10.6. The van der Waals surface area contributed by atoms with E-state index in [2.05, 4.69) is 4.98 Å². The fourth-order valence-corrected chi connectivity index (χ4v) is 0.933. The van der Waals surface area contributed by atoms with Gasteiger partial charge in [-0.1, -0.05) is 6.92 Å². The molecule has 4 heteroatoms. The van der Waals surface area contributed by atoms with Gasteiger partial charge >= 0.3 is 5.97 Å². The van der Waals surface area contributed by atoms with E-state index in [4.69, 9.17) is 9.84 Å². The molecule has 1 N–H and O–H groups in total. The molecule has 0 aliphatic heterocycles. The monoisotopic (exact) mass is 195 g/mol. The van der Waals surface area contributed by atoms with Crippen LogP contribution in [0.1, 0.15) is 20.3 Å². The van der Waals surface area contributed by atoms with E-state index in [-0.39, 0.29) is 0 Å². The van der Waals surface area contributed by atoms with Crippen molar-refractivity contribution in [1.82, 2.24) is 4.98 Å². The van der Waals surface area contributed by atoms with E-state index in [9.17, 15) is 4.79 Å². The van der Waals surface area contributed by atoms with Crippen molar-refractivity contribution in [3.63, 3.8) is 0 Å². The minimum absolute atomic E-state index is 0.407. The van der Waals surface area contributed by atoms with Gasteiger partial charge in [-0.2, -0.15) is 0 Å². The molecule has 0 aliphatic carbocycles. The van der Waals surface area contributed by atoms with Crippen LogP contribution in [0.4, 0.5) is 0 Å². The van der Waals surface area contributed by atoms with Gasteiger partial charge < -0.3 is 9.84 Å². The number of aliphatic carboxylic acids is 1. The van der Waals surface area contributed by atoms with Crippen LogP contribution in [0.3, 0.4) is 0 Å². The lowest BCUT2D eigenvalue weighted by atomic mass is 10.0. The molecular weight excluding hydrogens is 182 g/mol. The molecule has 0 spiro atoms. The average Bonchev–Trinajstić information content (AvgIpc) is 2.19. The smallest absolute Gasteiger partial charge is 0.347 e. The molecule has 0 radical (unpaired) electrons. The maximum atomic E-state index is 10.9. The highest BCUT2D eigenvalue weighted by Gasteiger charge is 2.33.